The molecule has 0 radical (unpaired) electrons. The lowest BCUT2D eigenvalue weighted by molar-refractivity contribution is -0.402. The summed E-state index contributed by atoms with van der Waals surface area (Å²) in [6.45, 7) is 0. The summed E-state index contributed by atoms with van der Waals surface area (Å²) in [7, 11) is 0. The molecule has 0 saturated heterocycles. The standard InChI is InChI=1S/C16H11FN4O3S/c17-9-1-2-12-10(7-9)11(8-19-12)15(20-16-18-5-6-25-16)13-3-4-14(24-13)21(22)23/h1-8,15,19H,(H,18,20). The fourth-order valence-corrected chi connectivity index (χ4v) is 3.23. The second-order valence-electron chi connectivity index (χ2n) is 5.28. The van der Waals surface area contributed by atoms with E-state index >= 15 is 0 Å². The molecular weight excluding hydrogens is 347 g/mol. The number of nitrogens with zero attached hydrogens (tertiary/aromatic N) is 2. The van der Waals surface area contributed by atoms with E-state index in [1.807, 2.05) is 0 Å². The van der Waals surface area contributed by atoms with Crippen molar-refractivity contribution in [1.29, 1.82) is 0 Å². The number of H-pyrrole nitrogens is 1. The molecule has 0 spiro atoms. The zero-order chi connectivity index (χ0) is 17.4. The van der Waals surface area contributed by atoms with Crippen molar-refractivity contribution in [2.45, 2.75) is 6.04 Å². The highest BCUT2D eigenvalue weighted by molar-refractivity contribution is 7.13. The third-order valence-corrected chi connectivity index (χ3v) is 4.47. The van der Waals surface area contributed by atoms with Gasteiger partial charge < -0.3 is 14.7 Å². The predicted octanol–water partition coefficient (Wildman–Crippen LogP) is 4.47. The van der Waals surface area contributed by atoms with E-state index in [9.17, 15) is 14.5 Å². The van der Waals surface area contributed by atoms with Gasteiger partial charge in [-0.05, 0) is 24.3 Å². The van der Waals surface area contributed by atoms with Crippen molar-refractivity contribution in [1.82, 2.24) is 9.97 Å². The van der Waals surface area contributed by atoms with Crippen LogP contribution in [0.4, 0.5) is 15.4 Å². The van der Waals surface area contributed by atoms with Gasteiger partial charge in [0.1, 0.15) is 22.5 Å². The van der Waals surface area contributed by atoms with Gasteiger partial charge in [-0.1, -0.05) is 0 Å². The molecule has 25 heavy (non-hydrogen) atoms. The summed E-state index contributed by atoms with van der Waals surface area (Å²) in [5.74, 6) is -0.384. The van der Waals surface area contributed by atoms with Crippen molar-refractivity contribution in [3.8, 4) is 0 Å². The van der Waals surface area contributed by atoms with Crippen LogP contribution in [0.25, 0.3) is 10.9 Å². The van der Waals surface area contributed by atoms with Crippen LogP contribution in [0, 0.1) is 15.9 Å². The normalized spacial score (nSPS) is 12.4. The van der Waals surface area contributed by atoms with Gasteiger partial charge in [0.05, 0.1) is 6.07 Å². The van der Waals surface area contributed by atoms with Gasteiger partial charge in [-0.2, -0.15) is 0 Å². The fourth-order valence-electron chi connectivity index (χ4n) is 2.67. The minimum atomic E-state index is -0.598. The van der Waals surface area contributed by atoms with Crippen LogP contribution in [0.2, 0.25) is 0 Å². The Morgan fingerprint density at radius 2 is 2.24 bits per heavy atom. The van der Waals surface area contributed by atoms with Crippen LogP contribution in [0.5, 0.6) is 0 Å². The number of fused-ring (bicyclic) bond motifs is 1. The van der Waals surface area contributed by atoms with Gasteiger partial charge in [0.2, 0.25) is 0 Å². The van der Waals surface area contributed by atoms with Gasteiger partial charge in [-0.3, -0.25) is 10.1 Å². The molecule has 7 nitrogen and oxygen atoms in total. The Morgan fingerprint density at radius 1 is 1.36 bits per heavy atom. The largest absolute Gasteiger partial charge is 0.433 e. The maximum atomic E-state index is 13.7. The summed E-state index contributed by atoms with van der Waals surface area (Å²) in [4.78, 5) is 17.6. The first-order chi connectivity index (χ1) is 12.1. The number of aromatic nitrogens is 2. The summed E-state index contributed by atoms with van der Waals surface area (Å²) < 4.78 is 19.1. The molecule has 3 aromatic heterocycles. The first-order valence-electron chi connectivity index (χ1n) is 7.28. The lowest BCUT2D eigenvalue weighted by atomic mass is 10.0. The van der Waals surface area contributed by atoms with Crippen LogP contribution in [0.3, 0.4) is 0 Å². The number of nitrogens with one attached hydrogen (secondary N) is 2. The molecule has 0 bridgehead atoms. The van der Waals surface area contributed by atoms with Crippen LogP contribution in [0.15, 0.2) is 52.5 Å². The molecule has 126 valence electrons. The predicted molar refractivity (Wildman–Crippen MR) is 91.2 cm³/mol. The Hall–Kier alpha value is -3.20. The van der Waals surface area contributed by atoms with Crippen LogP contribution in [-0.2, 0) is 0 Å². The van der Waals surface area contributed by atoms with E-state index in [0.29, 0.717) is 21.8 Å². The van der Waals surface area contributed by atoms with E-state index in [2.05, 4.69) is 15.3 Å². The number of anilines is 1. The fraction of sp³-hybridized carbons (Fsp3) is 0.0625. The van der Waals surface area contributed by atoms with Crippen LogP contribution < -0.4 is 5.32 Å². The smallest absolute Gasteiger partial charge is 0.403 e. The lowest BCUT2D eigenvalue weighted by Gasteiger charge is -2.15. The Labute approximate surface area is 144 Å². The Morgan fingerprint density at radius 3 is 2.96 bits per heavy atom. The quantitative estimate of drug-likeness (QED) is 0.405. The summed E-state index contributed by atoms with van der Waals surface area (Å²) in [6.07, 6.45) is 3.37. The van der Waals surface area contributed by atoms with E-state index in [4.69, 9.17) is 4.42 Å². The van der Waals surface area contributed by atoms with Crippen LogP contribution in [-0.4, -0.2) is 14.9 Å². The molecule has 3 heterocycles. The molecule has 0 aliphatic rings. The molecule has 0 saturated carbocycles. The van der Waals surface area contributed by atoms with Gasteiger partial charge in [0.15, 0.2) is 5.13 Å². The van der Waals surface area contributed by atoms with Crippen molar-refractivity contribution in [2.24, 2.45) is 0 Å². The number of nitro groups is 1. The minimum absolute atomic E-state index is 0.340. The molecule has 1 atom stereocenters. The number of furan rings is 1. The first kappa shape index (κ1) is 15.3. The monoisotopic (exact) mass is 358 g/mol. The average Bonchev–Trinajstić information content (AvgIpc) is 3.33. The molecule has 0 aliphatic heterocycles. The van der Waals surface area contributed by atoms with E-state index in [-0.39, 0.29) is 11.7 Å². The summed E-state index contributed by atoms with van der Waals surface area (Å²) in [5.41, 5.74) is 1.46. The highest BCUT2D eigenvalue weighted by Crippen LogP contribution is 2.34. The number of hydrogen-bond acceptors (Lipinski definition) is 6. The van der Waals surface area contributed by atoms with Gasteiger partial charge in [-0.25, -0.2) is 9.37 Å². The van der Waals surface area contributed by atoms with E-state index < -0.39 is 11.0 Å². The van der Waals surface area contributed by atoms with Gasteiger partial charge in [0, 0.05) is 34.2 Å². The molecule has 1 aromatic carbocycles. The maximum absolute atomic E-state index is 13.7. The SMILES string of the molecule is O=[N+]([O-])c1ccc(C(Nc2nccs2)c2c[nH]c3ccc(F)cc23)o1. The maximum Gasteiger partial charge on any atom is 0.433 e. The molecule has 1 unspecified atom stereocenters. The molecule has 0 amide bonds. The summed E-state index contributed by atoms with van der Waals surface area (Å²) in [5, 5.41) is 17.2. The van der Waals surface area contributed by atoms with Crippen molar-refractivity contribution in [2.75, 3.05) is 5.32 Å². The Kier molecular flexibility index (Phi) is 3.69. The minimum Gasteiger partial charge on any atom is -0.403 e. The topological polar surface area (TPSA) is 97.0 Å². The molecule has 2 N–H and O–H groups in total. The molecule has 9 heteroatoms. The van der Waals surface area contributed by atoms with E-state index in [1.165, 1.54) is 35.6 Å². The third-order valence-electron chi connectivity index (χ3n) is 3.76. The Bertz CT molecular complexity index is 1040. The average molecular weight is 358 g/mol. The second-order valence-corrected chi connectivity index (χ2v) is 6.18. The van der Waals surface area contributed by atoms with Crippen molar-refractivity contribution in [3.63, 3.8) is 0 Å². The van der Waals surface area contributed by atoms with Crippen molar-refractivity contribution in [3.05, 3.63) is 75.4 Å². The van der Waals surface area contributed by atoms with E-state index in [0.717, 1.165) is 5.52 Å². The molecule has 0 aliphatic carbocycles. The van der Waals surface area contributed by atoms with Crippen LogP contribution in [0.1, 0.15) is 17.4 Å². The van der Waals surface area contributed by atoms with Crippen molar-refractivity contribution >= 4 is 33.3 Å². The van der Waals surface area contributed by atoms with Gasteiger partial charge in [-0.15, -0.1) is 11.3 Å². The number of thiazole rings is 1. The number of rotatable bonds is 5. The number of hydrogen-bond donors (Lipinski definition) is 2. The highest BCUT2D eigenvalue weighted by Gasteiger charge is 2.25. The second kappa shape index (κ2) is 6.02. The lowest BCUT2D eigenvalue weighted by Crippen LogP contribution is -2.11. The van der Waals surface area contributed by atoms with Gasteiger partial charge >= 0.3 is 5.88 Å². The van der Waals surface area contributed by atoms with Crippen LogP contribution >= 0.6 is 11.3 Å². The highest BCUT2D eigenvalue weighted by atomic mass is 32.1. The summed E-state index contributed by atoms with van der Waals surface area (Å²) >= 11 is 1.38. The van der Waals surface area contributed by atoms with Gasteiger partial charge in [0.25, 0.3) is 0 Å². The molecular formula is C16H11FN4O3S. The van der Waals surface area contributed by atoms with Crippen molar-refractivity contribution < 1.29 is 13.7 Å². The zero-order valence-electron chi connectivity index (χ0n) is 12.6. The Balaban J connectivity index is 1.83. The number of benzene rings is 1. The zero-order valence-corrected chi connectivity index (χ0v) is 13.4. The molecule has 4 rings (SSSR count). The number of halogens is 1. The molecule has 0 fully saturated rings. The first-order valence-corrected chi connectivity index (χ1v) is 8.16. The van der Waals surface area contributed by atoms with E-state index in [1.54, 1.807) is 23.8 Å². The molecule has 4 aromatic rings. The third kappa shape index (κ3) is 2.85. The summed E-state index contributed by atoms with van der Waals surface area (Å²) in [6, 6.07) is 6.68. The number of aromatic amines is 1.